The number of aryl methyl sites for hydroxylation is 1. The Bertz CT molecular complexity index is 506. The Morgan fingerprint density at radius 3 is 2.59 bits per heavy atom. The Balaban J connectivity index is 2.48. The molecule has 0 aliphatic carbocycles. The maximum absolute atomic E-state index is 12.2. The molecule has 0 aliphatic heterocycles. The molecule has 0 spiro atoms. The number of benzene rings is 1. The van der Waals surface area contributed by atoms with E-state index in [1.807, 2.05) is 38.1 Å². The van der Waals surface area contributed by atoms with Crippen molar-refractivity contribution in [1.29, 1.82) is 0 Å². The van der Waals surface area contributed by atoms with E-state index in [2.05, 4.69) is 5.32 Å². The minimum Gasteiger partial charge on any atom is -0.382 e. The Morgan fingerprint density at radius 1 is 1.41 bits per heavy atom. The van der Waals surface area contributed by atoms with E-state index in [1.54, 1.807) is 0 Å². The Labute approximate surface area is 127 Å². The molecule has 4 nitrogen and oxygen atoms in total. The highest BCUT2D eigenvalue weighted by atomic mass is 19.4. The number of nitrogens with one attached hydrogen (secondary N) is 1. The van der Waals surface area contributed by atoms with Crippen molar-refractivity contribution in [1.82, 2.24) is 10.2 Å². The highest BCUT2D eigenvalue weighted by Crippen LogP contribution is 2.20. The summed E-state index contributed by atoms with van der Waals surface area (Å²) in [5, 5.41) is 11.5. The first kappa shape index (κ1) is 18.3. The lowest BCUT2D eigenvalue weighted by molar-refractivity contribution is -0.205. The van der Waals surface area contributed by atoms with Gasteiger partial charge in [0.25, 0.3) is 0 Å². The number of halogens is 3. The summed E-state index contributed by atoms with van der Waals surface area (Å²) in [4.78, 5) is 12.6. The van der Waals surface area contributed by atoms with Crippen LogP contribution in [0.15, 0.2) is 24.3 Å². The predicted octanol–water partition coefficient (Wildman–Crippen LogP) is 2.66. The maximum Gasteiger partial charge on any atom is 0.416 e. The monoisotopic (exact) mass is 318 g/mol. The number of likely N-dealkylation sites (N-methyl/N-ethyl adjacent to an activating group) is 1. The topological polar surface area (TPSA) is 52.6 Å². The van der Waals surface area contributed by atoms with Crippen LogP contribution in [0.3, 0.4) is 0 Å². The molecule has 22 heavy (non-hydrogen) atoms. The van der Waals surface area contributed by atoms with Gasteiger partial charge >= 0.3 is 12.2 Å². The maximum atomic E-state index is 12.2. The van der Waals surface area contributed by atoms with Crippen molar-refractivity contribution in [2.45, 2.75) is 32.0 Å². The van der Waals surface area contributed by atoms with Gasteiger partial charge < -0.3 is 15.3 Å². The Morgan fingerprint density at radius 2 is 2.05 bits per heavy atom. The number of hydrogen-bond acceptors (Lipinski definition) is 2. The number of carbonyl (C=O) groups is 1. The van der Waals surface area contributed by atoms with E-state index in [1.165, 1.54) is 7.05 Å². The van der Waals surface area contributed by atoms with Crippen LogP contribution in [0, 0.1) is 6.92 Å². The Kier molecular flexibility index (Phi) is 6.22. The molecule has 0 saturated carbocycles. The van der Waals surface area contributed by atoms with E-state index in [0.29, 0.717) is 6.54 Å². The van der Waals surface area contributed by atoms with E-state index in [9.17, 15) is 18.0 Å². The van der Waals surface area contributed by atoms with Crippen LogP contribution in [0.4, 0.5) is 18.0 Å². The zero-order valence-corrected chi connectivity index (χ0v) is 12.8. The Hall–Kier alpha value is -1.76. The first-order chi connectivity index (χ1) is 10.1. The fourth-order valence-corrected chi connectivity index (χ4v) is 1.92. The van der Waals surface area contributed by atoms with Crippen molar-refractivity contribution in [3.63, 3.8) is 0 Å². The van der Waals surface area contributed by atoms with Gasteiger partial charge in [-0.1, -0.05) is 36.8 Å². The number of aliphatic hydroxyl groups excluding tert-OH is 1. The summed E-state index contributed by atoms with van der Waals surface area (Å²) in [6, 6.07) is 7.15. The second-order valence-corrected chi connectivity index (χ2v) is 5.44. The van der Waals surface area contributed by atoms with Crippen LogP contribution in [0.2, 0.25) is 0 Å². The van der Waals surface area contributed by atoms with Crippen molar-refractivity contribution in [2.24, 2.45) is 0 Å². The van der Waals surface area contributed by atoms with Crippen LogP contribution < -0.4 is 5.32 Å². The van der Waals surface area contributed by atoms with Crippen molar-refractivity contribution in [3.05, 3.63) is 35.4 Å². The van der Waals surface area contributed by atoms with E-state index in [4.69, 9.17) is 5.11 Å². The molecule has 0 radical (unpaired) electrons. The molecule has 1 aromatic carbocycles. The van der Waals surface area contributed by atoms with Gasteiger partial charge in [0.05, 0.1) is 6.54 Å². The third kappa shape index (κ3) is 5.55. The van der Waals surface area contributed by atoms with Gasteiger partial charge in [0.15, 0.2) is 6.10 Å². The van der Waals surface area contributed by atoms with Crippen LogP contribution in [0.25, 0.3) is 0 Å². The highest BCUT2D eigenvalue weighted by Gasteiger charge is 2.39. The summed E-state index contributed by atoms with van der Waals surface area (Å²) in [7, 11) is 1.21. The molecular weight excluding hydrogens is 297 g/mol. The van der Waals surface area contributed by atoms with Crippen molar-refractivity contribution >= 4 is 6.03 Å². The third-order valence-corrected chi connectivity index (χ3v) is 3.34. The average molecular weight is 318 g/mol. The van der Waals surface area contributed by atoms with Crippen molar-refractivity contribution in [3.8, 4) is 0 Å². The summed E-state index contributed by atoms with van der Waals surface area (Å²) in [6.45, 7) is 3.38. The van der Waals surface area contributed by atoms with Crippen LogP contribution in [-0.2, 0) is 0 Å². The zero-order valence-electron chi connectivity index (χ0n) is 12.8. The van der Waals surface area contributed by atoms with Gasteiger partial charge in [0, 0.05) is 13.6 Å². The fourth-order valence-electron chi connectivity index (χ4n) is 1.92. The van der Waals surface area contributed by atoms with Gasteiger partial charge in [0.2, 0.25) is 0 Å². The largest absolute Gasteiger partial charge is 0.416 e. The molecule has 124 valence electrons. The lowest BCUT2D eigenvalue weighted by Crippen LogP contribution is -2.46. The molecule has 0 heterocycles. The minimum atomic E-state index is -4.73. The summed E-state index contributed by atoms with van der Waals surface area (Å²) in [5.41, 5.74) is 2.14. The molecule has 0 fully saturated rings. The third-order valence-electron chi connectivity index (χ3n) is 3.34. The summed E-state index contributed by atoms with van der Waals surface area (Å²) in [5.74, 6) is 0.0322. The first-order valence-corrected chi connectivity index (χ1v) is 6.91. The van der Waals surface area contributed by atoms with Gasteiger partial charge in [-0.2, -0.15) is 13.2 Å². The molecule has 0 aromatic heterocycles. The zero-order chi connectivity index (χ0) is 16.9. The minimum absolute atomic E-state index is 0.0322. The van der Waals surface area contributed by atoms with Gasteiger partial charge in [-0.25, -0.2) is 4.79 Å². The number of nitrogens with zero attached hydrogens (tertiary/aromatic N) is 1. The first-order valence-electron chi connectivity index (χ1n) is 6.91. The lowest BCUT2D eigenvalue weighted by Gasteiger charge is -2.23. The smallest absolute Gasteiger partial charge is 0.382 e. The fraction of sp³-hybridized carbons (Fsp3) is 0.533. The molecule has 0 aliphatic rings. The van der Waals surface area contributed by atoms with Crippen molar-refractivity contribution in [2.75, 3.05) is 20.1 Å². The normalized spacial score (nSPS) is 14.3. The van der Waals surface area contributed by atoms with Gasteiger partial charge in [0.1, 0.15) is 0 Å². The molecular formula is C15H21F3N2O2. The molecule has 1 aromatic rings. The van der Waals surface area contributed by atoms with Gasteiger partial charge in [-0.05, 0) is 18.4 Å². The predicted molar refractivity (Wildman–Crippen MR) is 77.7 cm³/mol. The average Bonchev–Trinajstić information content (AvgIpc) is 2.43. The highest BCUT2D eigenvalue weighted by molar-refractivity contribution is 5.73. The summed E-state index contributed by atoms with van der Waals surface area (Å²) in [6.07, 6.45) is -7.28. The van der Waals surface area contributed by atoms with Crippen molar-refractivity contribution < 1.29 is 23.1 Å². The molecule has 2 atom stereocenters. The lowest BCUT2D eigenvalue weighted by atomic mass is 9.99. The van der Waals surface area contributed by atoms with Crippen LogP contribution in [-0.4, -0.2) is 48.5 Å². The molecule has 0 saturated heterocycles. The van der Waals surface area contributed by atoms with Gasteiger partial charge in [-0.3, -0.25) is 0 Å². The van der Waals surface area contributed by atoms with E-state index in [0.717, 1.165) is 16.0 Å². The molecule has 7 heteroatoms. The number of carbonyl (C=O) groups excluding carboxylic acids is 1. The number of alkyl halides is 3. The van der Waals surface area contributed by atoms with Crippen LogP contribution in [0.1, 0.15) is 24.0 Å². The van der Waals surface area contributed by atoms with E-state index in [-0.39, 0.29) is 5.92 Å². The molecule has 0 bridgehead atoms. The summed E-state index contributed by atoms with van der Waals surface area (Å²) < 4.78 is 36.7. The van der Waals surface area contributed by atoms with E-state index < -0.39 is 24.9 Å². The van der Waals surface area contributed by atoms with Gasteiger partial charge in [-0.15, -0.1) is 0 Å². The van der Waals surface area contributed by atoms with Crippen LogP contribution in [0.5, 0.6) is 0 Å². The van der Waals surface area contributed by atoms with E-state index >= 15 is 0 Å². The molecule has 1 rings (SSSR count). The standard InChI is InChI=1S/C15H21F3N2O2/c1-10-5-4-6-12(7-10)11(2)8-19-14(22)20(3)9-13(21)15(16,17)18/h4-7,11,13,21H,8-9H2,1-3H3,(H,19,22)/t11-,13-/m1/s1. The SMILES string of the molecule is Cc1cccc([C@H](C)CNC(=O)N(C)C[C@@H](O)C(F)(F)F)c1. The molecule has 2 N–H and O–H groups in total. The quantitative estimate of drug-likeness (QED) is 0.877. The number of amides is 2. The second kappa shape index (κ2) is 7.49. The molecule has 2 amide bonds. The number of rotatable bonds is 5. The number of hydrogen-bond donors (Lipinski definition) is 2. The number of aliphatic hydroxyl groups is 1. The number of urea groups is 1. The second-order valence-electron chi connectivity index (χ2n) is 5.44. The summed E-state index contributed by atoms with van der Waals surface area (Å²) >= 11 is 0. The van der Waals surface area contributed by atoms with Crippen LogP contribution >= 0.6 is 0 Å². The molecule has 0 unspecified atom stereocenters.